The molecule has 0 unspecified atom stereocenters. The molecule has 0 saturated carbocycles. The third kappa shape index (κ3) is 1.74. The van der Waals surface area contributed by atoms with Gasteiger partial charge in [0.2, 0.25) is 0 Å². The van der Waals surface area contributed by atoms with Crippen molar-refractivity contribution >= 4 is 24.3 Å². The second-order valence-corrected chi connectivity index (χ2v) is 2.93. The minimum atomic E-state index is 1.07. The Labute approximate surface area is 85.6 Å². The van der Waals surface area contributed by atoms with E-state index in [1.165, 1.54) is 0 Å². The zero-order valence-electron chi connectivity index (χ0n) is 8.29. The van der Waals surface area contributed by atoms with Crippen LogP contribution in [0.1, 0.15) is 22.3 Å². The van der Waals surface area contributed by atoms with Gasteiger partial charge >= 0.3 is 0 Å². The van der Waals surface area contributed by atoms with Crippen LogP contribution in [-0.2, 0) is 0 Å². The molecule has 1 aromatic rings. The van der Waals surface area contributed by atoms with E-state index in [0.717, 1.165) is 22.3 Å². The molecule has 0 amide bonds. The van der Waals surface area contributed by atoms with E-state index in [2.05, 4.69) is 26.3 Å². The summed E-state index contributed by atoms with van der Waals surface area (Å²) in [6.07, 6.45) is 7.27. The fourth-order valence-corrected chi connectivity index (χ4v) is 1.38. The highest BCUT2D eigenvalue weighted by Gasteiger charge is 2.01. The minimum absolute atomic E-state index is 1.07. The smallest absolute Gasteiger partial charge is 0.0184 e. The maximum atomic E-state index is 3.76. The Balaban J connectivity index is 3.49. The van der Waals surface area contributed by atoms with Crippen molar-refractivity contribution in [2.24, 2.45) is 0 Å². The Kier molecular flexibility index (Phi) is 3.24. The molecule has 14 heavy (non-hydrogen) atoms. The lowest BCUT2D eigenvalue weighted by molar-refractivity contribution is 1.55. The van der Waals surface area contributed by atoms with Crippen molar-refractivity contribution in [3.8, 4) is 0 Å². The van der Waals surface area contributed by atoms with Crippen molar-refractivity contribution in [1.82, 2.24) is 0 Å². The Morgan fingerprint density at radius 3 is 0.929 bits per heavy atom. The molecule has 1 aromatic carbocycles. The Morgan fingerprint density at radius 1 is 0.571 bits per heavy atom. The van der Waals surface area contributed by atoms with E-state index < -0.39 is 0 Å². The first-order valence-corrected chi connectivity index (χ1v) is 4.44. The van der Waals surface area contributed by atoms with Crippen molar-refractivity contribution < 1.29 is 0 Å². The van der Waals surface area contributed by atoms with Crippen LogP contribution in [0.25, 0.3) is 24.3 Å². The average Bonchev–Trinajstić information content (AvgIpc) is 2.26. The fourth-order valence-electron chi connectivity index (χ4n) is 1.38. The van der Waals surface area contributed by atoms with Crippen LogP contribution in [0.5, 0.6) is 0 Å². The summed E-state index contributed by atoms with van der Waals surface area (Å²) in [6.45, 7) is 15.1. The molecule has 1 rings (SSSR count). The van der Waals surface area contributed by atoms with E-state index in [1.807, 2.05) is 36.4 Å². The molecule has 0 bridgehead atoms. The van der Waals surface area contributed by atoms with Crippen LogP contribution in [0.2, 0.25) is 0 Å². The van der Waals surface area contributed by atoms with Crippen LogP contribution < -0.4 is 0 Å². The maximum Gasteiger partial charge on any atom is -0.0184 e. The molecular weight excluding hydrogens is 168 g/mol. The van der Waals surface area contributed by atoms with Crippen LogP contribution in [0.15, 0.2) is 38.4 Å². The van der Waals surface area contributed by atoms with Gasteiger partial charge in [0.15, 0.2) is 0 Å². The highest BCUT2D eigenvalue weighted by Crippen LogP contribution is 2.21. The van der Waals surface area contributed by atoms with Crippen LogP contribution >= 0.6 is 0 Å². The molecule has 0 fully saturated rings. The summed E-state index contributed by atoms with van der Waals surface area (Å²) in [7, 11) is 0. The van der Waals surface area contributed by atoms with Crippen molar-refractivity contribution in [1.29, 1.82) is 0 Å². The largest absolute Gasteiger partial charge is 0.0984 e. The molecule has 0 nitrogen and oxygen atoms in total. The van der Waals surface area contributed by atoms with E-state index in [0.29, 0.717) is 0 Å². The SMILES string of the molecule is C=Cc1cc(C=C)c(C=C)cc1C=C. The molecule has 0 aliphatic heterocycles. The number of hydrogen-bond donors (Lipinski definition) is 0. The van der Waals surface area contributed by atoms with Crippen molar-refractivity contribution in [3.05, 3.63) is 60.7 Å². The molecule has 0 saturated heterocycles. The van der Waals surface area contributed by atoms with Crippen LogP contribution in [-0.4, -0.2) is 0 Å². The van der Waals surface area contributed by atoms with E-state index in [-0.39, 0.29) is 0 Å². The van der Waals surface area contributed by atoms with Gasteiger partial charge in [-0.05, 0) is 34.4 Å². The first-order valence-electron chi connectivity index (χ1n) is 4.44. The lowest BCUT2D eigenvalue weighted by atomic mass is 9.98. The molecule has 0 N–H and O–H groups in total. The topological polar surface area (TPSA) is 0 Å². The summed E-state index contributed by atoms with van der Waals surface area (Å²) in [5.74, 6) is 0. The summed E-state index contributed by atoms with van der Waals surface area (Å²) in [6, 6.07) is 4.07. The zero-order chi connectivity index (χ0) is 10.6. The molecule has 0 heterocycles. The summed E-state index contributed by atoms with van der Waals surface area (Å²) in [5.41, 5.74) is 4.28. The van der Waals surface area contributed by atoms with Crippen molar-refractivity contribution in [2.75, 3.05) is 0 Å². The zero-order valence-corrected chi connectivity index (χ0v) is 8.29. The summed E-state index contributed by atoms with van der Waals surface area (Å²) < 4.78 is 0. The fraction of sp³-hybridized carbons (Fsp3) is 0. The molecule has 0 heteroatoms. The Hall–Kier alpha value is -1.82. The van der Waals surface area contributed by atoms with Crippen molar-refractivity contribution in [2.45, 2.75) is 0 Å². The van der Waals surface area contributed by atoms with E-state index in [1.54, 1.807) is 0 Å². The first kappa shape index (κ1) is 10.3. The van der Waals surface area contributed by atoms with Gasteiger partial charge in [-0.25, -0.2) is 0 Å². The molecule has 0 aromatic heterocycles. The van der Waals surface area contributed by atoms with E-state index >= 15 is 0 Å². The molecule has 0 radical (unpaired) electrons. The maximum absolute atomic E-state index is 3.76. The van der Waals surface area contributed by atoms with Gasteiger partial charge in [-0.3, -0.25) is 0 Å². The lowest BCUT2D eigenvalue weighted by Gasteiger charge is -2.06. The normalized spacial score (nSPS) is 9.14. The van der Waals surface area contributed by atoms with E-state index in [4.69, 9.17) is 0 Å². The van der Waals surface area contributed by atoms with Crippen molar-refractivity contribution in [3.63, 3.8) is 0 Å². The second kappa shape index (κ2) is 4.43. The van der Waals surface area contributed by atoms with Gasteiger partial charge in [0.05, 0.1) is 0 Å². The number of benzene rings is 1. The van der Waals surface area contributed by atoms with Crippen LogP contribution in [0.4, 0.5) is 0 Å². The van der Waals surface area contributed by atoms with Gasteiger partial charge in [0, 0.05) is 0 Å². The standard InChI is InChI=1S/C14H14/c1-5-11-9-13(7-3)14(8-4)10-12(11)6-2/h5-10H,1-4H2. The summed E-state index contributed by atoms with van der Waals surface area (Å²) in [5, 5.41) is 0. The molecule has 0 spiro atoms. The first-order chi connectivity index (χ1) is 6.76. The summed E-state index contributed by atoms with van der Waals surface area (Å²) >= 11 is 0. The third-order valence-corrected chi connectivity index (χ3v) is 2.17. The Morgan fingerprint density at radius 2 is 0.786 bits per heavy atom. The van der Waals surface area contributed by atoms with Gasteiger partial charge in [-0.15, -0.1) is 0 Å². The highest BCUT2D eigenvalue weighted by molar-refractivity contribution is 5.73. The summed E-state index contributed by atoms with van der Waals surface area (Å²) in [4.78, 5) is 0. The quantitative estimate of drug-likeness (QED) is 0.652. The third-order valence-electron chi connectivity index (χ3n) is 2.17. The molecule has 70 valence electrons. The van der Waals surface area contributed by atoms with Crippen LogP contribution in [0.3, 0.4) is 0 Å². The molecular formula is C14H14. The highest BCUT2D eigenvalue weighted by atomic mass is 14.1. The molecule has 0 atom stereocenters. The van der Waals surface area contributed by atoms with Gasteiger partial charge in [-0.2, -0.15) is 0 Å². The predicted molar refractivity (Wildman–Crippen MR) is 66.8 cm³/mol. The van der Waals surface area contributed by atoms with E-state index in [9.17, 15) is 0 Å². The predicted octanol–water partition coefficient (Wildman–Crippen LogP) is 4.26. The van der Waals surface area contributed by atoms with Gasteiger partial charge in [0.1, 0.15) is 0 Å². The average molecular weight is 182 g/mol. The van der Waals surface area contributed by atoms with Crippen LogP contribution in [0, 0.1) is 0 Å². The molecule has 0 aliphatic carbocycles. The number of rotatable bonds is 4. The minimum Gasteiger partial charge on any atom is -0.0984 e. The number of hydrogen-bond acceptors (Lipinski definition) is 0. The van der Waals surface area contributed by atoms with Gasteiger partial charge in [0.25, 0.3) is 0 Å². The lowest BCUT2D eigenvalue weighted by Crippen LogP contribution is -1.87. The van der Waals surface area contributed by atoms with Gasteiger partial charge in [-0.1, -0.05) is 50.6 Å². The second-order valence-electron chi connectivity index (χ2n) is 2.93. The van der Waals surface area contributed by atoms with Gasteiger partial charge < -0.3 is 0 Å². The Bertz CT molecular complexity index is 320. The monoisotopic (exact) mass is 182 g/mol. The molecule has 0 aliphatic rings.